The molecule has 2 rings (SSSR count). The van der Waals surface area contributed by atoms with E-state index in [-0.39, 0.29) is 5.91 Å². The molecule has 1 aromatic rings. The van der Waals surface area contributed by atoms with Crippen molar-refractivity contribution in [1.82, 2.24) is 5.32 Å². The molecule has 0 radical (unpaired) electrons. The van der Waals surface area contributed by atoms with Crippen LogP contribution in [0.4, 0.5) is 0 Å². The van der Waals surface area contributed by atoms with E-state index < -0.39 is 12.1 Å². The summed E-state index contributed by atoms with van der Waals surface area (Å²) in [6.07, 6.45) is 10.0. The summed E-state index contributed by atoms with van der Waals surface area (Å²) in [5.74, 6) is -0.0257. The molecule has 0 saturated heterocycles. The number of esters is 1. The molecule has 0 fully saturated rings. The molecule has 0 unspecified atom stereocenters. The van der Waals surface area contributed by atoms with Crippen LogP contribution in [0.15, 0.2) is 42.0 Å². The standard InChI is InChI=1S/C22H29NO4/c1-3-26-20-12-9-19(10-13-20)11-14-21(24)27-17(2)22(25)23-16-15-18-7-5-4-6-8-18/h7,9-14,17H,3-6,8,15-16H2,1-2H3,(H,23,25)/b14-11+/t17-/m0/s1. The highest BCUT2D eigenvalue weighted by molar-refractivity contribution is 5.90. The molecule has 1 aliphatic carbocycles. The predicted octanol–water partition coefficient (Wildman–Crippen LogP) is 4.04. The number of hydrogen-bond acceptors (Lipinski definition) is 4. The van der Waals surface area contributed by atoms with Crippen LogP contribution in [0.5, 0.6) is 5.75 Å². The summed E-state index contributed by atoms with van der Waals surface area (Å²) in [6, 6.07) is 7.38. The summed E-state index contributed by atoms with van der Waals surface area (Å²) in [4.78, 5) is 23.9. The lowest BCUT2D eigenvalue weighted by atomic mass is 9.97. The van der Waals surface area contributed by atoms with Gasteiger partial charge in [-0.05, 0) is 69.7 Å². The minimum atomic E-state index is -0.817. The first kappa shape index (κ1) is 20.7. The highest BCUT2D eigenvalue weighted by atomic mass is 16.5. The molecule has 5 nitrogen and oxygen atoms in total. The molecule has 1 aliphatic rings. The van der Waals surface area contributed by atoms with Crippen molar-refractivity contribution in [1.29, 1.82) is 0 Å². The molecule has 1 N–H and O–H groups in total. The number of benzene rings is 1. The van der Waals surface area contributed by atoms with Crippen LogP contribution >= 0.6 is 0 Å². The molecule has 0 bridgehead atoms. The smallest absolute Gasteiger partial charge is 0.331 e. The van der Waals surface area contributed by atoms with Gasteiger partial charge in [-0.3, -0.25) is 4.79 Å². The van der Waals surface area contributed by atoms with Gasteiger partial charge >= 0.3 is 5.97 Å². The number of amides is 1. The second-order valence-electron chi connectivity index (χ2n) is 6.56. The van der Waals surface area contributed by atoms with E-state index in [1.54, 1.807) is 13.0 Å². The largest absolute Gasteiger partial charge is 0.494 e. The van der Waals surface area contributed by atoms with Crippen LogP contribution in [0.3, 0.4) is 0 Å². The summed E-state index contributed by atoms with van der Waals surface area (Å²) < 4.78 is 10.5. The van der Waals surface area contributed by atoms with Crippen molar-refractivity contribution in [3.05, 3.63) is 47.6 Å². The van der Waals surface area contributed by atoms with Crippen LogP contribution in [-0.2, 0) is 14.3 Å². The molecule has 1 atom stereocenters. The molecule has 1 amide bonds. The van der Waals surface area contributed by atoms with E-state index in [1.807, 2.05) is 31.2 Å². The van der Waals surface area contributed by atoms with Gasteiger partial charge < -0.3 is 14.8 Å². The Bertz CT molecular complexity index is 676. The minimum Gasteiger partial charge on any atom is -0.494 e. The molecule has 0 spiro atoms. The van der Waals surface area contributed by atoms with Gasteiger partial charge in [-0.2, -0.15) is 0 Å². The van der Waals surface area contributed by atoms with E-state index in [1.165, 1.54) is 24.5 Å². The van der Waals surface area contributed by atoms with Crippen molar-refractivity contribution < 1.29 is 19.1 Å². The zero-order valence-electron chi connectivity index (χ0n) is 16.2. The average molecular weight is 371 g/mol. The average Bonchev–Trinajstić information content (AvgIpc) is 2.68. The fraction of sp³-hybridized carbons (Fsp3) is 0.455. The van der Waals surface area contributed by atoms with E-state index in [2.05, 4.69) is 11.4 Å². The SMILES string of the molecule is CCOc1ccc(/C=C/C(=O)O[C@@H](C)C(=O)NCCC2=CCCCC2)cc1. The lowest BCUT2D eigenvalue weighted by molar-refractivity contribution is -0.150. The number of ether oxygens (including phenoxy) is 2. The maximum absolute atomic E-state index is 12.0. The zero-order chi connectivity index (χ0) is 19.5. The lowest BCUT2D eigenvalue weighted by Gasteiger charge is -2.15. The number of allylic oxidation sites excluding steroid dienone is 1. The van der Waals surface area contributed by atoms with Gasteiger partial charge in [-0.1, -0.05) is 23.8 Å². The quantitative estimate of drug-likeness (QED) is 0.404. The van der Waals surface area contributed by atoms with Crippen molar-refractivity contribution in [2.24, 2.45) is 0 Å². The number of carbonyl (C=O) groups excluding carboxylic acids is 2. The monoisotopic (exact) mass is 371 g/mol. The van der Waals surface area contributed by atoms with Crippen LogP contribution in [0, 0.1) is 0 Å². The Kier molecular flexibility index (Phi) is 8.62. The topological polar surface area (TPSA) is 64.6 Å². The molecule has 0 heterocycles. The normalized spacial score (nSPS) is 15.1. The Morgan fingerprint density at radius 1 is 1.22 bits per heavy atom. The summed E-state index contributed by atoms with van der Waals surface area (Å²) in [5, 5.41) is 2.83. The number of carbonyl (C=O) groups is 2. The van der Waals surface area contributed by atoms with Gasteiger partial charge in [0.1, 0.15) is 5.75 Å². The number of rotatable bonds is 9. The minimum absolute atomic E-state index is 0.269. The highest BCUT2D eigenvalue weighted by Crippen LogP contribution is 2.19. The Labute approximate surface area is 161 Å². The third-order valence-electron chi connectivity index (χ3n) is 4.40. The van der Waals surface area contributed by atoms with Crippen LogP contribution in [-0.4, -0.2) is 31.1 Å². The first-order chi connectivity index (χ1) is 13.1. The summed E-state index contributed by atoms with van der Waals surface area (Å²) in [6.45, 7) is 4.69. The number of hydrogen-bond donors (Lipinski definition) is 1. The van der Waals surface area contributed by atoms with E-state index in [0.717, 1.165) is 30.6 Å². The first-order valence-electron chi connectivity index (χ1n) is 9.65. The maximum Gasteiger partial charge on any atom is 0.331 e. The maximum atomic E-state index is 12.0. The van der Waals surface area contributed by atoms with E-state index in [9.17, 15) is 9.59 Å². The highest BCUT2D eigenvalue weighted by Gasteiger charge is 2.16. The van der Waals surface area contributed by atoms with Crippen molar-refractivity contribution in [2.75, 3.05) is 13.2 Å². The lowest BCUT2D eigenvalue weighted by Crippen LogP contribution is -2.36. The van der Waals surface area contributed by atoms with Gasteiger partial charge in [0.25, 0.3) is 5.91 Å². The van der Waals surface area contributed by atoms with E-state index in [0.29, 0.717) is 13.2 Å². The molecule has 0 saturated carbocycles. The third-order valence-corrected chi connectivity index (χ3v) is 4.40. The molecule has 27 heavy (non-hydrogen) atoms. The van der Waals surface area contributed by atoms with Gasteiger partial charge in [0.2, 0.25) is 0 Å². The fourth-order valence-corrected chi connectivity index (χ4v) is 2.89. The van der Waals surface area contributed by atoms with Gasteiger partial charge in [0, 0.05) is 12.6 Å². The molecule has 1 aromatic carbocycles. The second-order valence-corrected chi connectivity index (χ2v) is 6.56. The molecule has 146 valence electrons. The molecular weight excluding hydrogens is 342 g/mol. The van der Waals surface area contributed by atoms with Crippen LogP contribution in [0.2, 0.25) is 0 Å². The van der Waals surface area contributed by atoms with Crippen LogP contribution < -0.4 is 10.1 Å². The van der Waals surface area contributed by atoms with Gasteiger partial charge in [-0.15, -0.1) is 0 Å². The van der Waals surface area contributed by atoms with Crippen LogP contribution in [0.25, 0.3) is 6.08 Å². The Morgan fingerprint density at radius 3 is 2.67 bits per heavy atom. The molecule has 0 aliphatic heterocycles. The molecule has 5 heteroatoms. The summed E-state index contributed by atoms with van der Waals surface area (Å²) >= 11 is 0. The fourth-order valence-electron chi connectivity index (χ4n) is 2.89. The van der Waals surface area contributed by atoms with E-state index in [4.69, 9.17) is 9.47 Å². The first-order valence-corrected chi connectivity index (χ1v) is 9.65. The van der Waals surface area contributed by atoms with Crippen LogP contribution in [0.1, 0.15) is 51.5 Å². The Balaban J connectivity index is 1.71. The Hall–Kier alpha value is -2.56. The molecular formula is C22H29NO4. The van der Waals surface area contributed by atoms with Crippen molar-refractivity contribution in [3.8, 4) is 5.75 Å². The summed E-state index contributed by atoms with van der Waals surface area (Å²) in [7, 11) is 0. The Morgan fingerprint density at radius 2 is 2.00 bits per heavy atom. The second kappa shape index (κ2) is 11.2. The zero-order valence-corrected chi connectivity index (χ0v) is 16.2. The van der Waals surface area contributed by atoms with Crippen molar-refractivity contribution >= 4 is 18.0 Å². The number of nitrogens with one attached hydrogen (secondary N) is 1. The predicted molar refractivity (Wildman–Crippen MR) is 106 cm³/mol. The third kappa shape index (κ3) is 7.69. The molecule has 0 aromatic heterocycles. The van der Waals surface area contributed by atoms with Crippen molar-refractivity contribution in [3.63, 3.8) is 0 Å². The van der Waals surface area contributed by atoms with Gasteiger partial charge in [0.05, 0.1) is 6.61 Å². The van der Waals surface area contributed by atoms with Crippen molar-refractivity contribution in [2.45, 2.75) is 52.1 Å². The summed E-state index contributed by atoms with van der Waals surface area (Å²) in [5.41, 5.74) is 2.26. The van der Waals surface area contributed by atoms with E-state index >= 15 is 0 Å². The van der Waals surface area contributed by atoms with Gasteiger partial charge in [0.15, 0.2) is 6.10 Å². The van der Waals surface area contributed by atoms with Gasteiger partial charge in [-0.25, -0.2) is 4.79 Å².